The minimum atomic E-state index is -0.297. The zero-order valence-corrected chi connectivity index (χ0v) is 19.6. The first-order valence-corrected chi connectivity index (χ1v) is 10.5. The minimum Gasteiger partial charge on any atom is -0.493 e. The van der Waals surface area contributed by atoms with E-state index in [4.69, 9.17) is 32.7 Å². The van der Waals surface area contributed by atoms with E-state index in [1.807, 2.05) is 50.2 Å². The van der Waals surface area contributed by atoms with Crippen LogP contribution < -0.4 is 14.8 Å². The second-order valence-electron chi connectivity index (χ2n) is 7.26. The molecule has 1 amide bonds. The van der Waals surface area contributed by atoms with Crippen molar-refractivity contribution in [3.8, 4) is 11.5 Å². The first-order valence-electron chi connectivity index (χ1n) is 9.76. The molecule has 1 atom stereocenters. The number of aromatic nitrogens is 2. The van der Waals surface area contributed by atoms with Crippen molar-refractivity contribution in [2.24, 2.45) is 0 Å². The lowest BCUT2D eigenvalue weighted by Crippen LogP contribution is -2.27. The van der Waals surface area contributed by atoms with E-state index < -0.39 is 0 Å². The maximum absolute atomic E-state index is 13.1. The predicted molar refractivity (Wildman–Crippen MR) is 123 cm³/mol. The van der Waals surface area contributed by atoms with E-state index in [1.165, 1.54) is 0 Å². The summed E-state index contributed by atoms with van der Waals surface area (Å²) in [7, 11) is 3.17. The SMILES string of the molecule is COc1cc(C)c(C(C)NC(=O)c2c(C)nn(Cc3ccccc3Cl)c2Cl)cc1OC. The first-order chi connectivity index (χ1) is 14.8. The van der Waals surface area contributed by atoms with Crippen LogP contribution in [0.3, 0.4) is 0 Å². The number of hydrogen-bond acceptors (Lipinski definition) is 4. The Labute approximate surface area is 192 Å². The number of nitrogens with zero attached hydrogens (tertiary/aromatic N) is 2. The molecule has 3 aromatic rings. The Morgan fingerprint density at radius 3 is 2.42 bits per heavy atom. The number of methoxy groups -OCH3 is 2. The zero-order chi connectivity index (χ0) is 22.7. The van der Waals surface area contributed by atoms with Crippen molar-refractivity contribution in [2.45, 2.75) is 33.4 Å². The molecule has 31 heavy (non-hydrogen) atoms. The molecular formula is C23H25Cl2N3O3. The number of ether oxygens (including phenoxy) is 2. The third-order valence-electron chi connectivity index (χ3n) is 5.16. The molecule has 3 rings (SSSR count). The Bertz CT molecular complexity index is 1110. The van der Waals surface area contributed by atoms with Gasteiger partial charge < -0.3 is 14.8 Å². The van der Waals surface area contributed by atoms with Crippen molar-refractivity contribution in [1.29, 1.82) is 0 Å². The second kappa shape index (κ2) is 9.62. The fraction of sp³-hybridized carbons (Fsp3) is 0.304. The number of benzene rings is 2. The van der Waals surface area contributed by atoms with Gasteiger partial charge in [0.05, 0.1) is 38.1 Å². The van der Waals surface area contributed by atoms with Crippen molar-refractivity contribution < 1.29 is 14.3 Å². The molecule has 1 aromatic heterocycles. The van der Waals surface area contributed by atoms with Gasteiger partial charge in [-0.1, -0.05) is 41.4 Å². The molecule has 8 heteroatoms. The number of hydrogen-bond donors (Lipinski definition) is 1. The van der Waals surface area contributed by atoms with Gasteiger partial charge in [0.25, 0.3) is 5.91 Å². The quantitative estimate of drug-likeness (QED) is 0.513. The van der Waals surface area contributed by atoms with E-state index in [9.17, 15) is 4.79 Å². The number of halogens is 2. The summed E-state index contributed by atoms with van der Waals surface area (Å²) in [6.45, 7) is 6.00. The van der Waals surface area contributed by atoms with E-state index in [0.29, 0.717) is 34.3 Å². The van der Waals surface area contributed by atoms with Gasteiger partial charge in [0.1, 0.15) is 5.15 Å². The molecule has 0 saturated heterocycles. The van der Waals surface area contributed by atoms with Crippen LogP contribution in [0.15, 0.2) is 36.4 Å². The van der Waals surface area contributed by atoms with E-state index >= 15 is 0 Å². The standard InChI is InChI=1S/C23H25Cl2N3O3/c1-13-10-19(30-4)20(31-5)11-17(13)14(2)26-23(29)21-15(3)27-28(22(21)25)12-16-8-6-7-9-18(16)24/h6-11,14H,12H2,1-5H3,(H,26,29). The summed E-state index contributed by atoms with van der Waals surface area (Å²) in [6, 6.07) is 10.9. The summed E-state index contributed by atoms with van der Waals surface area (Å²) >= 11 is 12.8. The summed E-state index contributed by atoms with van der Waals surface area (Å²) < 4.78 is 12.3. The van der Waals surface area contributed by atoms with Crippen LogP contribution in [0.2, 0.25) is 10.2 Å². The summed E-state index contributed by atoms with van der Waals surface area (Å²) in [5.74, 6) is 0.947. The fourth-order valence-electron chi connectivity index (χ4n) is 3.51. The molecule has 0 aliphatic carbocycles. The number of nitrogens with one attached hydrogen (secondary N) is 1. The van der Waals surface area contributed by atoms with Crippen molar-refractivity contribution in [3.05, 3.63) is 74.5 Å². The summed E-state index contributed by atoms with van der Waals surface area (Å²) in [4.78, 5) is 13.1. The Kier molecular flexibility index (Phi) is 7.13. The predicted octanol–water partition coefficient (Wildman–Crippen LogP) is 5.36. The van der Waals surface area contributed by atoms with Crippen LogP contribution in [0, 0.1) is 13.8 Å². The average molecular weight is 462 g/mol. The second-order valence-corrected chi connectivity index (χ2v) is 8.02. The van der Waals surface area contributed by atoms with Gasteiger partial charge in [0, 0.05) is 5.02 Å². The largest absolute Gasteiger partial charge is 0.493 e. The summed E-state index contributed by atoms with van der Waals surface area (Å²) in [6.07, 6.45) is 0. The molecule has 0 bridgehead atoms. The Morgan fingerprint density at radius 1 is 1.13 bits per heavy atom. The Hall–Kier alpha value is -2.70. The van der Waals surface area contributed by atoms with E-state index in [2.05, 4.69) is 10.4 Å². The zero-order valence-electron chi connectivity index (χ0n) is 18.1. The van der Waals surface area contributed by atoms with Gasteiger partial charge in [-0.2, -0.15) is 5.10 Å². The molecule has 0 spiro atoms. The molecule has 6 nitrogen and oxygen atoms in total. The topological polar surface area (TPSA) is 65.4 Å². The molecule has 1 unspecified atom stereocenters. The van der Waals surface area contributed by atoms with Gasteiger partial charge in [-0.05, 0) is 55.7 Å². The maximum atomic E-state index is 13.1. The molecule has 0 fully saturated rings. The number of rotatable bonds is 7. The smallest absolute Gasteiger partial charge is 0.256 e. The molecule has 164 valence electrons. The summed E-state index contributed by atoms with van der Waals surface area (Å²) in [5, 5.41) is 8.35. The van der Waals surface area contributed by atoms with Crippen molar-refractivity contribution in [3.63, 3.8) is 0 Å². The van der Waals surface area contributed by atoms with Gasteiger partial charge >= 0.3 is 0 Å². The van der Waals surface area contributed by atoms with Gasteiger partial charge in [0.2, 0.25) is 0 Å². The molecule has 2 aromatic carbocycles. The van der Waals surface area contributed by atoms with Crippen LogP contribution >= 0.6 is 23.2 Å². The highest BCUT2D eigenvalue weighted by atomic mass is 35.5. The average Bonchev–Trinajstić information content (AvgIpc) is 3.02. The highest BCUT2D eigenvalue weighted by molar-refractivity contribution is 6.33. The monoisotopic (exact) mass is 461 g/mol. The third-order valence-corrected chi connectivity index (χ3v) is 5.91. The van der Waals surface area contributed by atoms with Gasteiger partial charge in [-0.3, -0.25) is 4.79 Å². The maximum Gasteiger partial charge on any atom is 0.256 e. The Morgan fingerprint density at radius 2 is 1.77 bits per heavy atom. The van der Waals surface area contributed by atoms with E-state index in [-0.39, 0.29) is 17.1 Å². The third kappa shape index (κ3) is 4.81. The minimum absolute atomic E-state index is 0.270. The number of amides is 1. The van der Waals surface area contributed by atoms with E-state index in [0.717, 1.165) is 16.7 Å². The van der Waals surface area contributed by atoms with Gasteiger partial charge in [-0.25, -0.2) is 4.68 Å². The van der Waals surface area contributed by atoms with Crippen LogP contribution in [0.4, 0.5) is 0 Å². The highest BCUT2D eigenvalue weighted by Gasteiger charge is 2.23. The van der Waals surface area contributed by atoms with Crippen LogP contribution in [-0.4, -0.2) is 29.9 Å². The number of carbonyl (C=O) groups is 1. The summed E-state index contributed by atoms with van der Waals surface area (Å²) in [5.41, 5.74) is 3.66. The number of carbonyl (C=O) groups excluding carboxylic acids is 1. The molecule has 0 aliphatic rings. The number of aryl methyl sites for hydroxylation is 2. The van der Waals surface area contributed by atoms with Crippen LogP contribution in [-0.2, 0) is 6.54 Å². The fourth-order valence-corrected chi connectivity index (χ4v) is 4.03. The lowest BCUT2D eigenvalue weighted by atomic mass is 10.0. The van der Waals surface area contributed by atoms with Crippen LogP contribution in [0.1, 0.15) is 45.7 Å². The van der Waals surface area contributed by atoms with Crippen molar-refractivity contribution in [1.82, 2.24) is 15.1 Å². The lowest BCUT2D eigenvalue weighted by molar-refractivity contribution is 0.0939. The molecule has 0 aliphatic heterocycles. The van der Waals surface area contributed by atoms with E-state index in [1.54, 1.807) is 25.8 Å². The molecule has 1 heterocycles. The van der Waals surface area contributed by atoms with Crippen LogP contribution in [0.25, 0.3) is 0 Å². The Balaban J connectivity index is 1.84. The molecule has 0 saturated carbocycles. The lowest BCUT2D eigenvalue weighted by Gasteiger charge is -2.19. The first kappa shape index (κ1) is 23.0. The molecular weight excluding hydrogens is 437 g/mol. The van der Waals surface area contributed by atoms with Crippen molar-refractivity contribution in [2.75, 3.05) is 14.2 Å². The normalized spacial score (nSPS) is 11.8. The van der Waals surface area contributed by atoms with Gasteiger partial charge in [0.15, 0.2) is 11.5 Å². The van der Waals surface area contributed by atoms with Crippen molar-refractivity contribution >= 4 is 29.1 Å². The molecule has 1 N–H and O–H groups in total. The highest BCUT2D eigenvalue weighted by Crippen LogP contribution is 2.33. The molecule has 0 radical (unpaired) electrons. The van der Waals surface area contributed by atoms with Crippen LogP contribution in [0.5, 0.6) is 11.5 Å². The van der Waals surface area contributed by atoms with Gasteiger partial charge in [-0.15, -0.1) is 0 Å².